The smallest absolute Gasteiger partial charge is 0.236 e. The van der Waals surface area contributed by atoms with Gasteiger partial charge in [0.25, 0.3) is 0 Å². The summed E-state index contributed by atoms with van der Waals surface area (Å²) in [5.41, 5.74) is 0. The number of carbonyl (C=O) groups is 1. The molecule has 1 fully saturated rings. The van der Waals surface area contributed by atoms with Gasteiger partial charge in [0.05, 0.1) is 4.83 Å². The first kappa shape index (κ1) is 13.0. The predicted molar refractivity (Wildman–Crippen MR) is 64.2 cm³/mol. The predicted octanol–water partition coefficient (Wildman–Crippen LogP) is 2.04. The Morgan fingerprint density at radius 1 is 1.53 bits per heavy atom. The lowest BCUT2D eigenvalue weighted by Gasteiger charge is -2.28. The van der Waals surface area contributed by atoms with Gasteiger partial charge in [-0.25, -0.2) is 0 Å². The third kappa shape index (κ3) is 4.11. The van der Waals surface area contributed by atoms with Crippen LogP contribution in [0.15, 0.2) is 0 Å². The second kappa shape index (κ2) is 6.48. The lowest BCUT2D eigenvalue weighted by Crippen LogP contribution is -2.38. The lowest BCUT2D eigenvalue weighted by molar-refractivity contribution is -0.130. The van der Waals surface area contributed by atoms with Crippen LogP contribution < -0.4 is 0 Å². The first-order valence-electron chi connectivity index (χ1n) is 5.62. The highest BCUT2D eigenvalue weighted by Crippen LogP contribution is 2.17. The molecule has 1 amide bonds. The molecular formula is C11H20BrNO2. The van der Waals surface area contributed by atoms with Crippen molar-refractivity contribution >= 4 is 21.8 Å². The van der Waals surface area contributed by atoms with Crippen LogP contribution in [0.1, 0.15) is 26.2 Å². The monoisotopic (exact) mass is 277 g/mol. The standard InChI is InChI=1S/C11H20BrNO2/c1-3-10(12)11(14)13(2)8-9-4-6-15-7-5-9/h9-10H,3-8H2,1-2H3. The zero-order valence-corrected chi connectivity index (χ0v) is 11.1. The van der Waals surface area contributed by atoms with Crippen LogP contribution in [0.4, 0.5) is 0 Å². The van der Waals surface area contributed by atoms with E-state index in [-0.39, 0.29) is 10.7 Å². The number of amides is 1. The fraction of sp³-hybridized carbons (Fsp3) is 0.909. The van der Waals surface area contributed by atoms with E-state index in [2.05, 4.69) is 15.9 Å². The molecular weight excluding hydrogens is 258 g/mol. The molecule has 0 bridgehead atoms. The number of nitrogens with zero attached hydrogens (tertiary/aromatic N) is 1. The van der Waals surface area contributed by atoms with Crippen LogP contribution in [0.5, 0.6) is 0 Å². The maximum atomic E-state index is 11.8. The van der Waals surface area contributed by atoms with Crippen LogP contribution in [-0.2, 0) is 9.53 Å². The Hall–Kier alpha value is -0.0900. The normalized spacial score (nSPS) is 19.9. The Labute approximate surface area is 100 Å². The van der Waals surface area contributed by atoms with Crippen molar-refractivity contribution in [3.63, 3.8) is 0 Å². The summed E-state index contributed by atoms with van der Waals surface area (Å²) in [6.45, 7) is 4.57. The number of ether oxygens (including phenoxy) is 1. The van der Waals surface area contributed by atoms with Crippen molar-refractivity contribution in [1.82, 2.24) is 4.90 Å². The summed E-state index contributed by atoms with van der Waals surface area (Å²) in [5.74, 6) is 0.813. The highest BCUT2D eigenvalue weighted by atomic mass is 79.9. The van der Waals surface area contributed by atoms with Gasteiger partial charge in [0.15, 0.2) is 0 Å². The molecule has 88 valence electrons. The average molecular weight is 278 g/mol. The molecule has 0 saturated carbocycles. The van der Waals surface area contributed by atoms with Crippen molar-refractivity contribution in [3.05, 3.63) is 0 Å². The summed E-state index contributed by atoms with van der Waals surface area (Å²) in [7, 11) is 1.89. The molecule has 15 heavy (non-hydrogen) atoms. The van der Waals surface area contributed by atoms with E-state index in [1.54, 1.807) is 0 Å². The molecule has 0 aromatic rings. The second-order valence-electron chi connectivity index (χ2n) is 4.15. The topological polar surface area (TPSA) is 29.5 Å². The highest BCUT2D eigenvalue weighted by Gasteiger charge is 2.21. The van der Waals surface area contributed by atoms with Crippen LogP contribution in [0.3, 0.4) is 0 Å². The van der Waals surface area contributed by atoms with Crippen LogP contribution in [0.2, 0.25) is 0 Å². The van der Waals surface area contributed by atoms with E-state index < -0.39 is 0 Å². The molecule has 1 atom stereocenters. The molecule has 0 N–H and O–H groups in total. The minimum absolute atomic E-state index is 0.0256. The molecule has 1 unspecified atom stereocenters. The Kier molecular flexibility index (Phi) is 5.61. The quantitative estimate of drug-likeness (QED) is 0.737. The molecule has 1 saturated heterocycles. The Morgan fingerprint density at radius 3 is 2.67 bits per heavy atom. The van der Waals surface area contributed by atoms with E-state index in [9.17, 15) is 4.79 Å². The number of alkyl halides is 1. The summed E-state index contributed by atoms with van der Waals surface area (Å²) >= 11 is 3.39. The molecule has 1 aliphatic rings. The van der Waals surface area contributed by atoms with Crippen molar-refractivity contribution < 1.29 is 9.53 Å². The van der Waals surface area contributed by atoms with Gasteiger partial charge in [-0.2, -0.15) is 0 Å². The third-order valence-electron chi connectivity index (χ3n) is 2.88. The van der Waals surface area contributed by atoms with E-state index in [1.807, 2.05) is 18.9 Å². The molecule has 1 aliphatic heterocycles. The largest absolute Gasteiger partial charge is 0.381 e. The minimum Gasteiger partial charge on any atom is -0.381 e. The van der Waals surface area contributed by atoms with Crippen LogP contribution in [0, 0.1) is 5.92 Å². The maximum absolute atomic E-state index is 11.8. The van der Waals surface area contributed by atoms with E-state index >= 15 is 0 Å². The summed E-state index contributed by atoms with van der Waals surface area (Å²) < 4.78 is 5.30. The summed E-state index contributed by atoms with van der Waals surface area (Å²) in [4.78, 5) is 13.6. The number of hydrogen-bond acceptors (Lipinski definition) is 2. The summed E-state index contributed by atoms with van der Waals surface area (Å²) in [5, 5.41) is 0. The van der Waals surface area contributed by atoms with Crippen LogP contribution >= 0.6 is 15.9 Å². The van der Waals surface area contributed by atoms with Gasteiger partial charge in [0, 0.05) is 26.8 Å². The van der Waals surface area contributed by atoms with E-state index in [0.29, 0.717) is 5.92 Å². The maximum Gasteiger partial charge on any atom is 0.236 e. The number of carbonyl (C=O) groups excluding carboxylic acids is 1. The van der Waals surface area contributed by atoms with Gasteiger partial charge in [0.1, 0.15) is 0 Å². The van der Waals surface area contributed by atoms with Gasteiger partial charge in [-0.3, -0.25) is 4.79 Å². The van der Waals surface area contributed by atoms with Gasteiger partial charge in [-0.05, 0) is 25.2 Å². The first-order valence-corrected chi connectivity index (χ1v) is 6.53. The minimum atomic E-state index is -0.0256. The van der Waals surface area contributed by atoms with E-state index in [1.165, 1.54) is 0 Å². The van der Waals surface area contributed by atoms with Gasteiger partial charge >= 0.3 is 0 Å². The zero-order valence-electron chi connectivity index (χ0n) is 9.54. The van der Waals surface area contributed by atoms with Crippen molar-refractivity contribution in [1.29, 1.82) is 0 Å². The fourth-order valence-electron chi connectivity index (χ4n) is 1.82. The Morgan fingerprint density at radius 2 is 2.13 bits per heavy atom. The summed E-state index contributed by atoms with van der Waals surface area (Å²) in [6, 6.07) is 0. The number of rotatable bonds is 4. The Bertz CT molecular complexity index is 205. The third-order valence-corrected chi connectivity index (χ3v) is 3.91. The molecule has 1 rings (SSSR count). The summed E-state index contributed by atoms with van der Waals surface area (Å²) in [6.07, 6.45) is 3.00. The van der Waals surface area contributed by atoms with E-state index in [4.69, 9.17) is 4.74 Å². The molecule has 0 aromatic heterocycles. The van der Waals surface area contributed by atoms with Gasteiger partial charge in [-0.15, -0.1) is 0 Å². The second-order valence-corrected chi connectivity index (χ2v) is 5.26. The van der Waals surface area contributed by atoms with Gasteiger partial charge in [-0.1, -0.05) is 22.9 Å². The lowest BCUT2D eigenvalue weighted by atomic mass is 10.00. The Balaban J connectivity index is 2.33. The van der Waals surface area contributed by atoms with Crippen LogP contribution in [0.25, 0.3) is 0 Å². The molecule has 3 nitrogen and oxygen atoms in total. The van der Waals surface area contributed by atoms with E-state index in [0.717, 1.165) is 39.0 Å². The van der Waals surface area contributed by atoms with Crippen LogP contribution in [-0.4, -0.2) is 42.4 Å². The molecule has 0 radical (unpaired) electrons. The molecule has 4 heteroatoms. The fourth-order valence-corrected chi connectivity index (χ4v) is 2.17. The molecule has 0 spiro atoms. The SMILES string of the molecule is CCC(Br)C(=O)N(C)CC1CCOCC1. The first-order chi connectivity index (χ1) is 7.15. The highest BCUT2D eigenvalue weighted by molar-refractivity contribution is 9.10. The van der Waals surface area contributed by atoms with Crippen molar-refractivity contribution in [2.45, 2.75) is 31.0 Å². The molecule has 0 aliphatic carbocycles. The van der Waals surface area contributed by atoms with Crippen molar-refractivity contribution in [2.75, 3.05) is 26.8 Å². The zero-order chi connectivity index (χ0) is 11.3. The van der Waals surface area contributed by atoms with Crippen molar-refractivity contribution in [2.24, 2.45) is 5.92 Å². The van der Waals surface area contributed by atoms with Gasteiger partial charge in [0.2, 0.25) is 5.91 Å². The molecule has 1 heterocycles. The van der Waals surface area contributed by atoms with Crippen molar-refractivity contribution in [3.8, 4) is 0 Å². The number of hydrogen-bond donors (Lipinski definition) is 0. The van der Waals surface area contributed by atoms with Gasteiger partial charge < -0.3 is 9.64 Å². The number of halogens is 1. The average Bonchev–Trinajstić information content (AvgIpc) is 2.28. The molecule has 0 aromatic carbocycles.